The Morgan fingerprint density at radius 3 is 2.52 bits per heavy atom. The summed E-state index contributed by atoms with van der Waals surface area (Å²) in [5.41, 5.74) is 6.99. The molecular formula is C18H23Cl2N3O3S. The molecule has 0 bridgehead atoms. The second-order valence-electron chi connectivity index (χ2n) is 5.95. The number of sulfonamides is 1. The van der Waals surface area contributed by atoms with Crippen LogP contribution in [0.5, 0.6) is 0 Å². The summed E-state index contributed by atoms with van der Waals surface area (Å²) >= 11 is 6.02. The van der Waals surface area contributed by atoms with E-state index in [0.717, 1.165) is 6.42 Å². The van der Waals surface area contributed by atoms with Crippen LogP contribution in [0.1, 0.15) is 25.3 Å². The van der Waals surface area contributed by atoms with Gasteiger partial charge in [-0.05, 0) is 43.2 Å². The zero-order valence-electron chi connectivity index (χ0n) is 15.0. The number of aryl methyl sites for hydroxylation is 1. The first-order valence-corrected chi connectivity index (χ1v) is 10.0. The Kier molecular flexibility index (Phi) is 8.56. The molecule has 0 aromatic heterocycles. The van der Waals surface area contributed by atoms with Crippen LogP contribution < -0.4 is 15.8 Å². The third-order valence-electron chi connectivity index (χ3n) is 3.80. The van der Waals surface area contributed by atoms with Gasteiger partial charge in [0.05, 0.1) is 21.6 Å². The summed E-state index contributed by atoms with van der Waals surface area (Å²) in [7, 11) is -3.87. The van der Waals surface area contributed by atoms with E-state index in [-0.39, 0.29) is 28.9 Å². The van der Waals surface area contributed by atoms with Gasteiger partial charge in [0.25, 0.3) is 10.0 Å². The molecule has 2 rings (SSSR count). The molecule has 2 aromatic rings. The van der Waals surface area contributed by atoms with Crippen LogP contribution in [0.4, 0.5) is 11.4 Å². The monoisotopic (exact) mass is 431 g/mol. The van der Waals surface area contributed by atoms with Crippen molar-refractivity contribution in [3.63, 3.8) is 0 Å². The summed E-state index contributed by atoms with van der Waals surface area (Å²) < 4.78 is 28.0. The molecule has 0 saturated heterocycles. The molecule has 148 valence electrons. The molecule has 1 atom stereocenters. The Balaban J connectivity index is 0.00000364. The van der Waals surface area contributed by atoms with Crippen LogP contribution in [0.15, 0.2) is 47.4 Å². The van der Waals surface area contributed by atoms with E-state index in [9.17, 15) is 13.2 Å². The second-order valence-corrected chi connectivity index (χ2v) is 8.01. The fourth-order valence-electron chi connectivity index (χ4n) is 2.39. The fraction of sp³-hybridized carbons (Fsp3) is 0.278. The van der Waals surface area contributed by atoms with Gasteiger partial charge >= 0.3 is 0 Å². The van der Waals surface area contributed by atoms with Crippen LogP contribution in [-0.2, 0) is 14.8 Å². The van der Waals surface area contributed by atoms with Crippen molar-refractivity contribution in [2.45, 2.75) is 37.6 Å². The number of benzene rings is 2. The van der Waals surface area contributed by atoms with Crippen LogP contribution in [0, 0.1) is 6.92 Å². The van der Waals surface area contributed by atoms with Gasteiger partial charge in [-0.3, -0.25) is 9.52 Å². The zero-order valence-corrected chi connectivity index (χ0v) is 17.4. The quantitative estimate of drug-likeness (QED) is 0.617. The lowest BCUT2D eigenvalue weighted by Crippen LogP contribution is -2.35. The number of rotatable bonds is 7. The SMILES string of the molecule is CCCC(N)C(=O)Nc1ccc(C)c(S(=O)(=O)Nc2ccccc2Cl)c1.Cl. The topological polar surface area (TPSA) is 101 Å². The maximum atomic E-state index is 12.7. The molecule has 0 radical (unpaired) electrons. The van der Waals surface area contributed by atoms with Gasteiger partial charge in [0.2, 0.25) is 5.91 Å². The average Bonchev–Trinajstić information content (AvgIpc) is 2.58. The largest absolute Gasteiger partial charge is 0.325 e. The summed E-state index contributed by atoms with van der Waals surface area (Å²) in [6.45, 7) is 3.61. The zero-order chi connectivity index (χ0) is 19.3. The molecule has 9 heteroatoms. The van der Waals surface area contributed by atoms with Gasteiger partial charge in [-0.25, -0.2) is 8.42 Å². The van der Waals surface area contributed by atoms with Crippen LogP contribution >= 0.6 is 24.0 Å². The number of anilines is 2. The van der Waals surface area contributed by atoms with Gasteiger partial charge in [-0.1, -0.05) is 43.1 Å². The standard InChI is InChI=1S/C18H22ClN3O3S.ClH/c1-3-6-15(20)18(23)21-13-10-9-12(2)17(11-13)26(24,25)22-16-8-5-4-7-14(16)19;/h4-5,7-11,15,22H,3,6,20H2,1-2H3,(H,21,23);1H. The van der Waals surface area contributed by atoms with Gasteiger partial charge < -0.3 is 11.1 Å². The molecule has 0 saturated carbocycles. The van der Waals surface area contributed by atoms with Crippen molar-refractivity contribution >= 4 is 51.3 Å². The highest BCUT2D eigenvalue weighted by Gasteiger charge is 2.20. The lowest BCUT2D eigenvalue weighted by molar-refractivity contribution is -0.117. The highest BCUT2D eigenvalue weighted by molar-refractivity contribution is 7.92. The van der Waals surface area contributed by atoms with E-state index in [1.54, 1.807) is 43.3 Å². The molecule has 2 aromatic carbocycles. The lowest BCUT2D eigenvalue weighted by atomic mass is 10.1. The van der Waals surface area contributed by atoms with Crippen LogP contribution in [0.3, 0.4) is 0 Å². The summed E-state index contributed by atoms with van der Waals surface area (Å²) in [5, 5.41) is 2.95. The van der Waals surface area contributed by atoms with Gasteiger partial charge in [0.1, 0.15) is 0 Å². The number of carbonyl (C=O) groups is 1. The predicted octanol–water partition coefficient (Wildman–Crippen LogP) is 3.94. The Labute approximate surface area is 170 Å². The number of amides is 1. The maximum absolute atomic E-state index is 12.7. The van der Waals surface area contributed by atoms with Crippen molar-refractivity contribution in [2.75, 3.05) is 10.0 Å². The van der Waals surface area contributed by atoms with Crippen molar-refractivity contribution in [2.24, 2.45) is 5.73 Å². The Bertz CT molecular complexity index is 904. The number of hydrogen-bond acceptors (Lipinski definition) is 4. The Morgan fingerprint density at radius 1 is 1.22 bits per heavy atom. The third-order valence-corrected chi connectivity index (χ3v) is 5.64. The molecule has 1 amide bonds. The minimum absolute atomic E-state index is 0. The Morgan fingerprint density at radius 2 is 1.89 bits per heavy atom. The molecule has 0 aliphatic heterocycles. The second kappa shape index (κ2) is 9.94. The lowest BCUT2D eigenvalue weighted by Gasteiger charge is -2.15. The van der Waals surface area contributed by atoms with Crippen LogP contribution in [0.25, 0.3) is 0 Å². The van der Waals surface area contributed by atoms with E-state index >= 15 is 0 Å². The van der Waals surface area contributed by atoms with Crippen molar-refractivity contribution in [3.05, 3.63) is 53.1 Å². The van der Waals surface area contributed by atoms with E-state index < -0.39 is 16.1 Å². The van der Waals surface area contributed by atoms with Gasteiger partial charge in [0.15, 0.2) is 0 Å². The van der Waals surface area contributed by atoms with E-state index in [2.05, 4.69) is 10.0 Å². The minimum atomic E-state index is -3.87. The van der Waals surface area contributed by atoms with Gasteiger partial charge in [-0.15, -0.1) is 12.4 Å². The molecule has 0 aliphatic rings. The molecule has 1 unspecified atom stereocenters. The van der Waals surface area contributed by atoms with Crippen LogP contribution in [-0.4, -0.2) is 20.4 Å². The normalized spacial score (nSPS) is 12.0. The summed E-state index contributed by atoms with van der Waals surface area (Å²) in [6, 6.07) is 10.6. The van der Waals surface area contributed by atoms with Crippen LogP contribution in [0.2, 0.25) is 5.02 Å². The van der Waals surface area contributed by atoms with E-state index in [0.29, 0.717) is 22.7 Å². The van der Waals surface area contributed by atoms with Crippen molar-refractivity contribution in [1.29, 1.82) is 0 Å². The van der Waals surface area contributed by atoms with E-state index in [4.69, 9.17) is 17.3 Å². The van der Waals surface area contributed by atoms with Crippen molar-refractivity contribution < 1.29 is 13.2 Å². The summed E-state index contributed by atoms with van der Waals surface area (Å²) in [4.78, 5) is 12.1. The molecule has 27 heavy (non-hydrogen) atoms. The smallest absolute Gasteiger partial charge is 0.262 e. The van der Waals surface area contributed by atoms with Crippen molar-refractivity contribution in [1.82, 2.24) is 0 Å². The summed E-state index contributed by atoms with van der Waals surface area (Å²) in [5.74, 6) is -0.349. The van der Waals surface area contributed by atoms with E-state index in [1.165, 1.54) is 6.07 Å². The fourth-order valence-corrected chi connectivity index (χ4v) is 3.98. The molecule has 0 fully saturated rings. The molecular weight excluding hydrogens is 409 g/mol. The van der Waals surface area contributed by atoms with E-state index in [1.807, 2.05) is 6.92 Å². The number of carbonyl (C=O) groups excluding carboxylic acids is 1. The molecule has 4 N–H and O–H groups in total. The molecule has 0 aliphatic carbocycles. The number of halogens is 2. The van der Waals surface area contributed by atoms with Gasteiger partial charge in [-0.2, -0.15) is 0 Å². The molecule has 0 spiro atoms. The number of para-hydroxylation sites is 1. The molecule has 6 nitrogen and oxygen atoms in total. The number of nitrogens with one attached hydrogen (secondary N) is 2. The predicted molar refractivity (Wildman–Crippen MR) is 112 cm³/mol. The van der Waals surface area contributed by atoms with Gasteiger partial charge in [0, 0.05) is 5.69 Å². The third kappa shape index (κ3) is 6.10. The average molecular weight is 432 g/mol. The maximum Gasteiger partial charge on any atom is 0.262 e. The first-order chi connectivity index (χ1) is 12.2. The van der Waals surface area contributed by atoms with Crippen molar-refractivity contribution in [3.8, 4) is 0 Å². The Hall–Kier alpha value is -1.80. The minimum Gasteiger partial charge on any atom is -0.325 e. The first kappa shape index (κ1) is 23.2. The molecule has 0 heterocycles. The highest BCUT2D eigenvalue weighted by Crippen LogP contribution is 2.26. The number of hydrogen-bond donors (Lipinski definition) is 3. The number of nitrogens with two attached hydrogens (primary N) is 1. The first-order valence-electron chi connectivity index (χ1n) is 8.19. The summed E-state index contributed by atoms with van der Waals surface area (Å²) in [6.07, 6.45) is 1.33. The highest BCUT2D eigenvalue weighted by atomic mass is 35.5.